The summed E-state index contributed by atoms with van der Waals surface area (Å²) in [5.74, 6) is 0.326. The van der Waals surface area contributed by atoms with E-state index in [1.165, 1.54) is 11.3 Å². The van der Waals surface area contributed by atoms with Crippen LogP contribution in [0.4, 0.5) is 5.69 Å². The third-order valence-electron chi connectivity index (χ3n) is 2.97. The molecule has 1 aliphatic rings. The number of fused-ring (bicyclic) bond motifs is 1. The summed E-state index contributed by atoms with van der Waals surface area (Å²) < 4.78 is 0. The van der Waals surface area contributed by atoms with Crippen LogP contribution in [0.25, 0.3) is 0 Å². The van der Waals surface area contributed by atoms with E-state index in [1.807, 2.05) is 26.8 Å². The second-order valence-electron chi connectivity index (χ2n) is 4.05. The van der Waals surface area contributed by atoms with Gasteiger partial charge in [0.05, 0.1) is 6.54 Å². The third-order valence-corrected chi connectivity index (χ3v) is 2.97. The predicted octanol–water partition coefficient (Wildman–Crippen LogP) is 3.44. The van der Waals surface area contributed by atoms with Gasteiger partial charge in [-0.2, -0.15) is 0 Å². The van der Waals surface area contributed by atoms with Gasteiger partial charge < -0.3 is 4.90 Å². The summed E-state index contributed by atoms with van der Waals surface area (Å²) in [7, 11) is 0. The van der Waals surface area contributed by atoms with Gasteiger partial charge in [0, 0.05) is 18.7 Å². The second-order valence-corrected chi connectivity index (χ2v) is 4.05. The minimum Gasteiger partial charge on any atom is -0.364 e. The van der Waals surface area contributed by atoms with Crippen molar-refractivity contribution in [1.29, 1.82) is 0 Å². The van der Waals surface area contributed by atoms with Crippen LogP contribution in [0.1, 0.15) is 39.2 Å². The first kappa shape index (κ1) is 13.8. The van der Waals surface area contributed by atoms with E-state index in [0.29, 0.717) is 18.7 Å². The van der Waals surface area contributed by atoms with Crippen molar-refractivity contribution in [3.63, 3.8) is 0 Å². The van der Waals surface area contributed by atoms with E-state index in [-0.39, 0.29) is 0 Å². The molecule has 0 saturated carbocycles. The Morgan fingerprint density at radius 2 is 2.00 bits per heavy atom. The summed E-state index contributed by atoms with van der Waals surface area (Å²) in [5, 5.41) is 0. The third kappa shape index (κ3) is 3.58. The molecule has 1 aromatic carbocycles. The lowest BCUT2D eigenvalue weighted by Gasteiger charge is -2.30. The van der Waals surface area contributed by atoms with E-state index in [0.717, 1.165) is 19.4 Å². The number of hydrogen-bond donors (Lipinski definition) is 0. The molecule has 0 aliphatic carbocycles. The molecule has 0 unspecified atom stereocenters. The molecule has 17 heavy (non-hydrogen) atoms. The van der Waals surface area contributed by atoms with Crippen molar-refractivity contribution in [1.82, 2.24) is 0 Å². The molecule has 1 aliphatic heterocycles. The molecule has 2 heteroatoms. The van der Waals surface area contributed by atoms with Crippen LogP contribution in [0.3, 0.4) is 0 Å². The Balaban J connectivity index is 0.000000686. The monoisotopic (exact) mass is 233 g/mol. The first-order valence-corrected chi connectivity index (χ1v) is 6.66. The number of carbonyl (C=O) groups is 1. The summed E-state index contributed by atoms with van der Waals surface area (Å²) in [6.07, 6.45) is 2.94. The van der Waals surface area contributed by atoms with Crippen molar-refractivity contribution < 1.29 is 4.79 Å². The molecule has 94 valence electrons. The van der Waals surface area contributed by atoms with Gasteiger partial charge in [-0.25, -0.2) is 0 Å². The molecule has 0 atom stereocenters. The van der Waals surface area contributed by atoms with E-state index < -0.39 is 0 Å². The number of anilines is 1. The van der Waals surface area contributed by atoms with Crippen molar-refractivity contribution in [2.75, 3.05) is 18.0 Å². The molecular formula is C15H23NO. The van der Waals surface area contributed by atoms with Crippen LogP contribution in [0.15, 0.2) is 24.3 Å². The molecule has 1 aromatic rings. The van der Waals surface area contributed by atoms with Crippen molar-refractivity contribution >= 4 is 11.5 Å². The Morgan fingerprint density at radius 1 is 1.29 bits per heavy atom. The Hall–Kier alpha value is -1.31. The van der Waals surface area contributed by atoms with E-state index >= 15 is 0 Å². The highest BCUT2D eigenvalue weighted by atomic mass is 16.1. The van der Waals surface area contributed by atoms with E-state index in [2.05, 4.69) is 23.1 Å². The minimum absolute atomic E-state index is 0.326. The lowest BCUT2D eigenvalue weighted by molar-refractivity contribution is -0.117. The van der Waals surface area contributed by atoms with Crippen LogP contribution < -0.4 is 4.90 Å². The summed E-state index contributed by atoms with van der Waals surface area (Å²) in [4.78, 5) is 13.7. The first-order valence-electron chi connectivity index (χ1n) is 6.66. The number of ketones is 1. The van der Waals surface area contributed by atoms with Crippen molar-refractivity contribution in [2.45, 2.75) is 40.0 Å². The van der Waals surface area contributed by atoms with Crippen LogP contribution in [-0.2, 0) is 11.2 Å². The Morgan fingerprint density at radius 3 is 2.71 bits per heavy atom. The largest absolute Gasteiger partial charge is 0.364 e. The van der Waals surface area contributed by atoms with Gasteiger partial charge in [-0.3, -0.25) is 4.79 Å². The van der Waals surface area contributed by atoms with Crippen LogP contribution in [0.5, 0.6) is 0 Å². The number of para-hydroxylation sites is 1. The number of hydrogen-bond acceptors (Lipinski definition) is 2. The maximum Gasteiger partial charge on any atom is 0.151 e. The molecule has 0 N–H and O–H groups in total. The number of Topliss-reactive ketones (excluding diaryl/α,β-unsaturated/α-hetero) is 1. The Kier molecular flexibility index (Phi) is 5.75. The summed E-state index contributed by atoms with van der Waals surface area (Å²) in [5.41, 5.74) is 2.64. The minimum atomic E-state index is 0.326. The predicted molar refractivity (Wildman–Crippen MR) is 73.6 cm³/mol. The summed E-state index contributed by atoms with van der Waals surface area (Å²) >= 11 is 0. The molecule has 0 aromatic heterocycles. The number of benzene rings is 1. The lowest BCUT2D eigenvalue weighted by atomic mass is 10.0. The standard InChI is InChI=1S/C13H17NO.C2H6/c1-2-12(15)10-14-9-5-7-11-6-3-4-8-13(11)14;1-2/h3-4,6,8H,2,5,7,9-10H2,1H3;1-2H3. The van der Waals surface area contributed by atoms with Crippen molar-refractivity contribution in [3.8, 4) is 0 Å². The molecule has 0 radical (unpaired) electrons. The Labute approximate surface area is 105 Å². The lowest BCUT2D eigenvalue weighted by Crippen LogP contribution is -2.33. The normalized spacial score (nSPS) is 13.5. The maximum absolute atomic E-state index is 11.4. The first-order chi connectivity index (χ1) is 8.31. The molecule has 0 bridgehead atoms. The number of nitrogens with zero attached hydrogens (tertiary/aromatic N) is 1. The van der Waals surface area contributed by atoms with E-state index in [9.17, 15) is 4.79 Å². The average Bonchev–Trinajstić information content (AvgIpc) is 2.41. The van der Waals surface area contributed by atoms with Crippen LogP contribution >= 0.6 is 0 Å². The fourth-order valence-electron chi connectivity index (χ4n) is 2.10. The summed E-state index contributed by atoms with van der Waals surface area (Å²) in [6, 6.07) is 8.41. The highest BCUT2D eigenvalue weighted by Gasteiger charge is 2.17. The zero-order valence-electron chi connectivity index (χ0n) is 11.2. The molecule has 0 spiro atoms. The summed E-state index contributed by atoms with van der Waals surface area (Å²) in [6.45, 7) is 7.52. The molecule has 0 amide bonds. The molecule has 1 heterocycles. The van der Waals surface area contributed by atoms with E-state index in [4.69, 9.17) is 0 Å². The van der Waals surface area contributed by atoms with Crippen molar-refractivity contribution in [2.24, 2.45) is 0 Å². The zero-order chi connectivity index (χ0) is 12.7. The van der Waals surface area contributed by atoms with Crippen LogP contribution in [0, 0.1) is 0 Å². The number of aryl methyl sites for hydroxylation is 1. The molecular weight excluding hydrogens is 210 g/mol. The fraction of sp³-hybridized carbons (Fsp3) is 0.533. The molecule has 2 nitrogen and oxygen atoms in total. The van der Waals surface area contributed by atoms with E-state index in [1.54, 1.807) is 0 Å². The topological polar surface area (TPSA) is 20.3 Å². The maximum atomic E-state index is 11.4. The van der Waals surface area contributed by atoms with Gasteiger partial charge in [-0.15, -0.1) is 0 Å². The smallest absolute Gasteiger partial charge is 0.151 e. The van der Waals surface area contributed by atoms with Gasteiger partial charge in [-0.05, 0) is 24.5 Å². The second kappa shape index (κ2) is 7.10. The molecule has 0 fully saturated rings. The highest BCUT2D eigenvalue weighted by Crippen LogP contribution is 2.26. The van der Waals surface area contributed by atoms with Gasteiger partial charge in [0.25, 0.3) is 0 Å². The van der Waals surface area contributed by atoms with Gasteiger partial charge in [-0.1, -0.05) is 39.0 Å². The van der Waals surface area contributed by atoms with Crippen LogP contribution in [-0.4, -0.2) is 18.9 Å². The number of rotatable bonds is 3. The zero-order valence-corrected chi connectivity index (χ0v) is 11.2. The average molecular weight is 233 g/mol. The van der Waals surface area contributed by atoms with Crippen molar-refractivity contribution in [3.05, 3.63) is 29.8 Å². The van der Waals surface area contributed by atoms with Gasteiger partial charge in [0.15, 0.2) is 5.78 Å². The van der Waals surface area contributed by atoms with Gasteiger partial charge in [0.1, 0.15) is 0 Å². The Bertz CT molecular complexity index is 360. The highest BCUT2D eigenvalue weighted by molar-refractivity contribution is 5.83. The quantitative estimate of drug-likeness (QED) is 0.797. The fourth-order valence-corrected chi connectivity index (χ4v) is 2.10. The van der Waals surface area contributed by atoms with Gasteiger partial charge in [0.2, 0.25) is 0 Å². The number of carbonyl (C=O) groups excluding carboxylic acids is 1. The molecule has 0 saturated heterocycles. The SMILES string of the molecule is CC.CCC(=O)CN1CCCc2ccccc21. The van der Waals surface area contributed by atoms with Crippen LogP contribution in [0.2, 0.25) is 0 Å². The molecule has 2 rings (SSSR count). The van der Waals surface area contributed by atoms with Gasteiger partial charge >= 0.3 is 0 Å².